The van der Waals surface area contributed by atoms with Gasteiger partial charge in [0.15, 0.2) is 5.75 Å². The van der Waals surface area contributed by atoms with Crippen LogP contribution >= 0.6 is 0 Å². The molecule has 1 aromatic heterocycles. The minimum absolute atomic E-state index is 0.966. The van der Waals surface area contributed by atoms with Gasteiger partial charge >= 0.3 is 0 Å². The third-order valence-corrected chi connectivity index (χ3v) is 8.25. The number of pyridine rings is 1. The van der Waals surface area contributed by atoms with Crippen molar-refractivity contribution >= 4 is 34.9 Å². The molecule has 2 heterocycles. The van der Waals surface area contributed by atoms with E-state index in [1.807, 2.05) is 0 Å². The van der Waals surface area contributed by atoms with E-state index < -0.39 is 8.07 Å². The van der Waals surface area contributed by atoms with Gasteiger partial charge in [0.1, 0.15) is 12.8 Å². The second kappa shape index (κ2) is 5.68. The zero-order chi connectivity index (χ0) is 19.8. The standard InChI is InChI=1S/C25H26NOSi/c1-15-13-17-9-7-11-20-24(17)23(16(15)2)25-21(27-20)14-18-19(26(25)3)10-8-12-22(18)28(4,5)6/h7-14H,1-6H3/q+1. The highest BCUT2D eigenvalue weighted by atomic mass is 28.3. The first-order chi connectivity index (χ1) is 13.3. The summed E-state index contributed by atoms with van der Waals surface area (Å²) in [6.07, 6.45) is 0. The summed E-state index contributed by atoms with van der Waals surface area (Å²) in [5.74, 6) is 1.93. The van der Waals surface area contributed by atoms with Gasteiger partial charge in [-0.2, -0.15) is 4.57 Å². The highest BCUT2D eigenvalue weighted by molar-refractivity contribution is 6.90. The fraction of sp³-hybridized carbons (Fsp3) is 0.240. The van der Waals surface area contributed by atoms with Crippen LogP contribution in [0.15, 0.2) is 48.5 Å². The number of nitrogens with zero attached hydrogens (tertiary/aromatic N) is 1. The summed E-state index contributed by atoms with van der Waals surface area (Å²) in [7, 11) is 0.705. The van der Waals surface area contributed by atoms with Crippen LogP contribution in [0.25, 0.3) is 32.9 Å². The minimum Gasteiger partial charge on any atom is -0.450 e. The van der Waals surface area contributed by atoms with Gasteiger partial charge in [-0.3, -0.25) is 0 Å². The number of aryl methyl sites for hydroxylation is 2. The van der Waals surface area contributed by atoms with E-state index in [-0.39, 0.29) is 0 Å². The number of benzene rings is 3. The maximum Gasteiger partial charge on any atom is 0.256 e. The van der Waals surface area contributed by atoms with Gasteiger partial charge in [0.25, 0.3) is 5.69 Å². The van der Waals surface area contributed by atoms with Crippen LogP contribution in [-0.2, 0) is 7.05 Å². The fourth-order valence-corrected chi connectivity index (χ4v) is 6.27. The molecule has 3 heteroatoms. The maximum absolute atomic E-state index is 6.50. The Balaban J connectivity index is 1.97. The van der Waals surface area contributed by atoms with Gasteiger partial charge in [0.2, 0.25) is 5.52 Å². The first-order valence-corrected chi connectivity index (χ1v) is 13.4. The highest BCUT2D eigenvalue weighted by Gasteiger charge is 2.32. The molecule has 0 unspecified atom stereocenters. The van der Waals surface area contributed by atoms with Gasteiger partial charge in [0.05, 0.1) is 13.6 Å². The van der Waals surface area contributed by atoms with Crippen molar-refractivity contribution in [3.05, 3.63) is 59.7 Å². The smallest absolute Gasteiger partial charge is 0.256 e. The molecule has 0 fully saturated rings. The normalized spacial score (nSPS) is 12.9. The van der Waals surface area contributed by atoms with Gasteiger partial charge in [-0.05, 0) is 41.6 Å². The first-order valence-electron chi connectivity index (χ1n) is 9.95. The monoisotopic (exact) mass is 384 g/mol. The minimum atomic E-state index is -1.48. The van der Waals surface area contributed by atoms with E-state index in [0.717, 1.165) is 11.5 Å². The number of fused-ring (bicyclic) bond motifs is 3. The SMILES string of the molecule is Cc1cc2cccc3c2c(c1C)-c1c(cc2c([Si](C)(C)C)cccc2[n+]1C)O3. The largest absolute Gasteiger partial charge is 0.450 e. The third-order valence-electron chi connectivity index (χ3n) is 6.20. The van der Waals surface area contributed by atoms with Crippen LogP contribution in [0.5, 0.6) is 11.5 Å². The summed E-state index contributed by atoms with van der Waals surface area (Å²) in [6.45, 7) is 11.7. The average molecular weight is 385 g/mol. The van der Waals surface area contributed by atoms with Gasteiger partial charge in [-0.15, -0.1) is 0 Å². The summed E-state index contributed by atoms with van der Waals surface area (Å²) in [5, 5.41) is 5.28. The molecular weight excluding hydrogens is 358 g/mol. The molecular formula is C25H26NOSi+. The quantitative estimate of drug-likeness (QED) is 0.265. The molecule has 0 amide bonds. The van der Waals surface area contributed by atoms with Crippen LogP contribution < -0.4 is 14.5 Å². The van der Waals surface area contributed by atoms with Crippen molar-refractivity contribution in [2.75, 3.05) is 0 Å². The predicted octanol–water partition coefficient (Wildman–Crippen LogP) is 5.75. The molecule has 0 saturated heterocycles. The van der Waals surface area contributed by atoms with E-state index in [1.165, 1.54) is 49.2 Å². The number of hydrogen-bond donors (Lipinski definition) is 0. The van der Waals surface area contributed by atoms with Crippen molar-refractivity contribution in [1.82, 2.24) is 0 Å². The Morgan fingerprint density at radius 3 is 2.39 bits per heavy atom. The number of rotatable bonds is 1. The zero-order valence-corrected chi connectivity index (χ0v) is 18.5. The van der Waals surface area contributed by atoms with E-state index in [1.54, 1.807) is 0 Å². The van der Waals surface area contributed by atoms with Crippen molar-refractivity contribution in [2.45, 2.75) is 33.5 Å². The molecule has 0 atom stereocenters. The fourth-order valence-electron chi connectivity index (χ4n) is 4.67. The molecule has 0 N–H and O–H groups in total. The Bertz CT molecular complexity index is 1300. The predicted molar refractivity (Wildman–Crippen MR) is 121 cm³/mol. The van der Waals surface area contributed by atoms with Gasteiger partial charge in [-0.25, -0.2) is 0 Å². The van der Waals surface area contributed by atoms with Crippen LogP contribution in [0, 0.1) is 13.8 Å². The lowest BCUT2D eigenvalue weighted by molar-refractivity contribution is -0.633. The number of ether oxygens (including phenoxy) is 1. The summed E-state index contributed by atoms with van der Waals surface area (Å²) >= 11 is 0. The molecule has 0 bridgehead atoms. The van der Waals surface area contributed by atoms with Crippen LogP contribution in [0.1, 0.15) is 11.1 Å². The highest BCUT2D eigenvalue weighted by Crippen LogP contribution is 2.47. The van der Waals surface area contributed by atoms with Crippen molar-refractivity contribution in [2.24, 2.45) is 7.05 Å². The van der Waals surface area contributed by atoms with E-state index >= 15 is 0 Å². The molecule has 0 spiro atoms. The summed E-state index contributed by atoms with van der Waals surface area (Å²) < 4.78 is 8.83. The van der Waals surface area contributed by atoms with Crippen LogP contribution in [0.3, 0.4) is 0 Å². The van der Waals surface area contributed by atoms with Crippen molar-refractivity contribution < 1.29 is 9.30 Å². The Morgan fingerprint density at radius 2 is 1.64 bits per heavy atom. The molecule has 140 valence electrons. The molecule has 0 aliphatic carbocycles. The van der Waals surface area contributed by atoms with Crippen molar-refractivity contribution in [3.8, 4) is 22.8 Å². The van der Waals surface area contributed by atoms with Gasteiger partial charge in [-0.1, -0.05) is 50.0 Å². The van der Waals surface area contributed by atoms with Crippen LogP contribution in [0.4, 0.5) is 0 Å². The van der Waals surface area contributed by atoms with Crippen LogP contribution in [0.2, 0.25) is 19.6 Å². The molecule has 1 aliphatic heterocycles. The molecule has 28 heavy (non-hydrogen) atoms. The molecule has 4 aromatic rings. The lowest BCUT2D eigenvalue weighted by Crippen LogP contribution is -2.41. The second-order valence-electron chi connectivity index (χ2n) is 9.05. The summed E-state index contributed by atoms with van der Waals surface area (Å²) in [5.41, 5.74) is 6.43. The molecule has 1 aliphatic rings. The second-order valence-corrected chi connectivity index (χ2v) is 14.1. The summed E-state index contributed by atoms with van der Waals surface area (Å²) in [6, 6.07) is 17.7. The first kappa shape index (κ1) is 17.4. The molecule has 3 aromatic carbocycles. The Hall–Kier alpha value is -2.65. The van der Waals surface area contributed by atoms with E-state index in [9.17, 15) is 0 Å². The Morgan fingerprint density at radius 1 is 0.893 bits per heavy atom. The maximum atomic E-state index is 6.50. The molecule has 5 rings (SSSR count). The Kier molecular flexibility index (Phi) is 3.54. The topological polar surface area (TPSA) is 13.1 Å². The van der Waals surface area contributed by atoms with Gasteiger partial charge < -0.3 is 4.74 Å². The average Bonchev–Trinajstić information content (AvgIpc) is 2.64. The van der Waals surface area contributed by atoms with Crippen LogP contribution in [-0.4, -0.2) is 8.07 Å². The van der Waals surface area contributed by atoms with Crippen molar-refractivity contribution in [1.29, 1.82) is 0 Å². The summed E-state index contributed by atoms with van der Waals surface area (Å²) in [4.78, 5) is 0. The number of hydrogen-bond acceptors (Lipinski definition) is 1. The number of aromatic nitrogens is 1. The lowest BCUT2D eigenvalue weighted by Gasteiger charge is -2.24. The molecule has 0 radical (unpaired) electrons. The third kappa shape index (κ3) is 2.29. The lowest BCUT2D eigenvalue weighted by atomic mass is 9.90. The Labute approximate surface area is 167 Å². The van der Waals surface area contributed by atoms with E-state index in [2.05, 4.69) is 93.6 Å². The van der Waals surface area contributed by atoms with Crippen molar-refractivity contribution in [3.63, 3.8) is 0 Å². The van der Waals surface area contributed by atoms with E-state index in [0.29, 0.717) is 0 Å². The molecule has 2 nitrogen and oxygen atoms in total. The van der Waals surface area contributed by atoms with E-state index in [4.69, 9.17) is 4.74 Å². The molecule has 0 saturated carbocycles. The van der Waals surface area contributed by atoms with Gasteiger partial charge in [0, 0.05) is 22.9 Å². The zero-order valence-electron chi connectivity index (χ0n) is 17.5.